The van der Waals surface area contributed by atoms with Gasteiger partial charge in [-0.3, -0.25) is 0 Å². The second kappa shape index (κ2) is 5.44. The number of ether oxygens (including phenoxy) is 1. The van der Waals surface area contributed by atoms with Crippen LogP contribution in [0.4, 0.5) is 0 Å². The third kappa shape index (κ3) is 3.05. The summed E-state index contributed by atoms with van der Waals surface area (Å²) in [5.41, 5.74) is 5.41. The molecule has 0 bridgehead atoms. The maximum atomic E-state index is 5.95. The number of benzene rings is 1. The lowest BCUT2D eigenvalue weighted by molar-refractivity contribution is 0.214. The van der Waals surface area contributed by atoms with Gasteiger partial charge < -0.3 is 10.5 Å². The second-order valence-electron chi connectivity index (χ2n) is 3.06. The van der Waals surface area contributed by atoms with Gasteiger partial charge >= 0.3 is 0 Å². The van der Waals surface area contributed by atoms with Gasteiger partial charge in [0.2, 0.25) is 0 Å². The van der Waals surface area contributed by atoms with Crippen LogP contribution in [0.3, 0.4) is 0 Å². The van der Waals surface area contributed by atoms with Crippen molar-refractivity contribution in [1.29, 1.82) is 0 Å². The largest absolute Gasteiger partial charge is 0.489 e. The van der Waals surface area contributed by atoms with Crippen molar-refractivity contribution in [2.75, 3.05) is 6.54 Å². The van der Waals surface area contributed by atoms with Crippen LogP contribution >= 0.6 is 23.2 Å². The molecule has 1 rings (SSSR count). The molecule has 0 heterocycles. The van der Waals surface area contributed by atoms with Gasteiger partial charge in [0.15, 0.2) is 0 Å². The lowest BCUT2D eigenvalue weighted by Gasteiger charge is -2.15. The van der Waals surface area contributed by atoms with Crippen LogP contribution in [-0.2, 0) is 0 Å². The Kier molecular flexibility index (Phi) is 4.52. The zero-order valence-electron chi connectivity index (χ0n) is 7.97. The van der Waals surface area contributed by atoms with Crippen LogP contribution in [0.2, 0.25) is 10.0 Å². The molecule has 1 aromatic rings. The van der Waals surface area contributed by atoms with Crippen molar-refractivity contribution in [2.24, 2.45) is 5.73 Å². The molecule has 0 aromatic heterocycles. The van der Waals surface area contributed by atoms with Gasteiger partial charge in [0.05, 0.1) is 11.1 Å². The van der Waals surface area contributed by atoms with Crippen molar-refractivity contribution in [3.05, 3.63) is 28.2 Å². The molecule has 0 aliphatic heterocycles. The Balaban J connectivity index is 2.71. The molecule has 14 heavy (non-hydrogen) atoms. The van der Waals surface area contributed by atoms with E-state index in [1.54, 1.807) is 18.2 Å². The maximum absolute atomic E-state index is 5.95. The molecule has 1 atom stereocenters. The monoisotopic (exact) mass is 233 g/mol. The molecule has 2 N–H and O–H groups in total. The fraction of sp³-hybridized carbons (Fsp3) is 0.400. The molecule has 0 radical (unpaired) electrons. The van der Waals surface area contributed by atoms with Crippen LogP contribution in [-0.4, -0.2) is 12.6 Å². The number of hydrogen-bond donors (Lipinski definition) is 1. The summed E-state index contributed by atoms with van der Waals surface area (Å²) in [5, 5.41) is 0.960. The van der Waals surface area contributed by atoms with E-state index >= 15 is 0 Å². The van der Waals surface area contributed by atoms with Gasteiger partial charge in [0.1, 0.15) is 10.8 Å². The smallest absolute Gasteiger partial charge is 0.139 e. The molecule has 4 heteroatoms. The molecule has 0 aliphatic rings. The first-order chi connectivity index (χ1) is 6.65. The lowest BCUT2D eigenvalue weighted by atomic mass is 10.3. The summed E-state index contributed by atoms with van der Waals surface area (Å²) in [6.07, 6.45) is 0.846. The van der Waals surface area contributed by atoms with Gasteiger partial charge in [-0.05, 0) is 32.0 Å². The Morgan fingerprint density at radius 2 is 2.14 bits per heavy atom. The van der Waals surface area contributed by atoms with Crippen molar-refractivity contribution in [3.63, 3.8) is 0 Å². The Morgan fingerprint density at radius 3 is 2.79 bits per heavy atom. The first-order valence-corrected chi connectivity index (χ1v) is 5.21. The summed E-state index contributed by atoms with van der Waals surface area (Å²) >= 11 is 11.8. The van der Waals surface area contributed by atoms with E-state index in [2.05, 4.69) is 0 Å². The first kappa shape index (κ1) is 11.6. The molecule has 0 spiro atoms. The van der Waals surface area contributed by atoms with Gasteiger partial charge in [-0.1, -0.05) is 29.3 Å². The van der Waals surface area contributed by atoms with Crippen LogP contribution in [0.1, 0.15) is 13.3 Å². The highest BCUT2D eigenvalue weighted by atomic mass is 35.5. The Morgan fingerprint density at radius 1 is 1.43 bits per heavy atom. The van der Waals surface area contributed by atoms with Crippen LogP contribution in [0.5, 0.6) is 5.75 Å². The van der Waals surface area contributed by atoms with Gasteiger partial charge in [0, 0.05) is 0 Å². The first-order valence-electron chi connectivity index (χ1n) is 4.46. The van der Waals surface area contributed by atoms with Crippen LogP contribution in [0.25, 0.3) is 0 Å². The fourth-order valence-corrected chi connectivity index (χ4v) is 1.42. The third-order valence-corrected chi connectivity index (χ3v) is 2.62. The number of rotatable bonds is 4. The van der Waals surface area contributed by atoms with E-state index in [9.17, 15) is 0 Å². The van der Waals surface area contributed by atoms with Crippen molar-refractivity contribution in [1.82, 2.24) is 0 Å². The molecule has 0 saturated carbocycles. The maximum Gasteiger partial charge on any atom is 0.139 e. The summed E-state index contributed by atoms with van der Waals surface area (Å²) in [6, 6.07) is 5.32. The summed E-state index contributed by atoms with van der Waals surface area (Å²) in [6.45, 7) is 2.55. The normalized spacial score (nSPS) is 12.6. The predicted octanol–water partition coefficient (Wildman–Crippen LogP) is 3.11. The Bertz CT molecular complexity index is 304. The Labute approximate surface area is 94.0 Å². The predicted molar refractivity (Wildman–Crippen MR) is 60.2 cm³/mol. The van der Waals surface area contributed by atoms with Crippen molar-refractivity contribution >= 4 is 23.2 Å². The highest BCUT2D eigenvalue weighted by Crippen LogP contribution is 2.32. The third-order valence-electron chi connectivity index (χ3n) is 1.82. The summed E-state index contributed by atoms with van der Waals surface area (Å²) in [7, 11) is 0. The van der Waals surface area contributed by atoms with Gasteiger partial charge in [-0.2, -0.15) is 0 Å². The number of halogens is 2. The summed E-state index contributed by atoms with van der Waals surface area (Å²) in [5.74, 6) is 0.611. The van der Waals surface area contributed by atoms with E-state index in [-0.39, 0.29) is 6.10 Å². The standard InChI is InChI=1S/C10H13Cl2NO/c1-7(5-6-13)14-9-4-2-3-8(11)10(9)12/h2-4,7H,5-6,13H2,1H3. The summed E-state index contributed by atoms with van der Waals surface area (Å²) in [4.78, 5) is 0. The summed E-state index contributed by atoms with van der Waals surface area (Å²) < 4.78 is 5.57. The van der Waals surface area contributed by atoms with Gasteiger partial charge in [0.25, 0.3) is 0 Å². The topological polar surface area (TPSA) is 35.2 Å². The second-order valence-corrected chi connectivity index (χ2v) is 3.84. The molecule has 2 nitrogen and oxygen atoms in total. The van der Waals surface area contributed by atoms with Crippen LogP contribution in [0.15, 0.2) is 18.2 Å². The molecular formula is C10H13Cl2NO. The van der Waals surface area contributed by atoms with Gasteiger partial charge in [-0.25, -0.2) is 0 Å². The van der Waals surface area contributed by atoms with Crippen molar-refractivity contribution < 1.29 is 4.74 Å². The van der Waals surface area contributed by atoms with Crippen LogP contribution < -0.4 is 10.5 Å². The van der Waals surface area contributed by atoms with E-state index in [0.717, 1.165) is 6.42 Å². The average molecular weight is 234 g/mol. The van der Waals surface area contributed by atoms with E-state index in [1.165, 1.54) is 0 Å². The fourth-order valence-electron chi connectivity index (χ4n) is 1.09. The van der Waals surface area contributed by atoms with E-state index in [1.807, 2.05) is 6.92 Å². The molecule has 1 unspecified atom stereocenters. The minimum Gasteiger partial charge on any atom is -0.489 e. The number of nitrogens with two attached hydrogens (primary N) is 1. The zero-order chi connectivity index (χ0) is 10.6. The van der Waals surface area contributed by atoms with Crippen molar-refractivity contribution in [2.45, 2.75) is 19.4 Å². The molecule has 0 aliphatic carbocycles. The van der Waals surface area contributed by atoms with Gasteiger partial charge in [-0.15, -0.1) is 0 Å². The molecule has 0 fully saturated rings. The quantitative estimate of drug-likeness (QED) is 0.868. The van der Waals surface area contributed by atoms with E-state index < -0.39 is 0 Å². The van der Waals surface area contributed by atoms with E-state index in [0.29, 0.717) is 22.3 Å². The average Bonchev–Trinajstić information content (AvgIpc) is 2.13. The van der Waals surface area contributed by atoms with Crippen molar-refractivity contribution in [3.8, 4) is 5.75 Å². The highest BCUT2D eigenvalue weighted by Gasteiger charge is 2.08. The zero-order valence-corrected chi connectivity index (χ0v) is 9.48. The SMILES string of the molecule is CC(CCN)Oc1cccc(Cl)c1Cl. The molecular weight excluding hydrogens is 221 g/mol. The molecule has 1 aromatic carbocycles. The Hall–Kier alpha value is -0.440. The molecule has 78 valence electrons. The molecule has 0 saturated heterocycles. The molecule has 0 amide bonds. The minimum atomic E-state index is 0.0518. The van der Waals surface area contributed by atoms with E-state index in [4.69, 9.17) is 33.7 Å². The minimum absolute atomic E-state index is 0.0518. The lowest BCUT2D eigenvalue weighted by Crippen LogP contribution is -2.16. The van der Waals surface area contributed by atoms with Crippen LogP contribution in [0, 0.1) is 0 Å². The highest BCUT2D eigenvalue weighted by molar-refractivity contribution is 6.42. The number of hydrogen-bond acceptors (Lipinski definition) is 2.